The number of aromatic nitrogens is 3. The number of aryl methyl sites for hydroxylation is 1. The molecule has 102 valence electrons. The van der Waals surface area contributed by atoms with Crippen molar-refractivity contribution in [2.24, 2.45) is 0 Å². The largest absolute Gasteiger partial charge is 0.435 e. The van der Waals surface area contributed by atoms with E-state index in [0.29, 0.717) is 17.5 Å². The third kappa shape index (κ3) is 2.34. The van der Waals surface area contributed by atoms with Crippen molar-refractivity contribution in [3.05, 3.63) is 48.4 Å². The van der Waals surface area contributed by atoms with Gasteiger partial charge in [0.1, 0.15) is 0 Å². The number of fused-ring (bicyclic) bond motifs is 1. The normalized spacial score (nSPS) is 10.9. The van der Waals surface area contributed by atoms with Crippen LogP contribution in [-0.4, -0.2) is 14.8 Å². The molecule has 0 aliphatic carbocycles. The second-order valence-corrected chi connectivity index (χ2v) is 4.67. The molecule has 0 bridgehead atoms. The molecular weight excluding hydrogens is 274 g/mol. The first-order valence-electron chi connectivity index (χ1n) is 6.44. The lowest BCUT2D eigenvalue weighted by molar-refractivity contribution is 0.468. The number of hydrogen-bond acceptors (Lipinski definition) is 3. The summed E-state index contributed by atoms with van der Waals surface area (Å²) in [6.07, 6.45) is 5.30. The van der Waals surface area contributed by atoms with Gasteiger partial charge >= 0.3 is 0 Å². The molecular formula is C15H14ClN3O. The van der Waals surface area contributed by atoms with Crippen LogP contribution in [0.4, 0.5) is 0 Å². The van der Waals surface area contributed by atoms with E-state index in [1.807, 2.05) is 42.1 Å². The number of hydrogen-bond donors (Lipinski definition) is 0. The summed E-state index contributed by atoms with van der Waals surface area (Å²) in [7, 11) is 0. The SMILES string of the molecule is CCn1cc(Oc2ncc(CCl)c3ccccc23)cn1. The quantitative estimate of drug-likeness (QED) is 0.681. The van der Waals surface area contributed by atoms with Gasteiger partial charge < -0.3 is 4.74 Å². The Bertz CT molecular complexity index is 739. The van der Waals surface area contributed by atoms with Gasteiger partial charge in [0, 0.05) is 24.0 Å². The second-order valence-electron chi connectivity index (χ2n) is 4.40. The fourth-order valence-corrected chi connectivity index (χ4v) is 2.31. The maximum atomic E-state index is 5.95. The Morgan fingerprint density at radius 3 is 2.70 bits per heavy atom. The molecule has 0 radical (unpaired) electrons. The summed E-state index contributed by atoms with van der Waals surface area (Å²) in [5.41, 5.74) is 0.999. The maximum Gasteiger partial charge on any atom is 0.227 e. The van der Waals surface area contributed by atoms with Crippen molar-refractivity contribution >= 4 is 22.4 Å². The van der Waals surface area contributed by atoms with Crippen molar-refractivity contribution in [3.8, 4) is 11.6 Å². The molecule has 0 aliphatic rings. The number of benzene rings is 1. The molecule has 0 aliphatic heterocycles. The molecule has 0 saturated heterocycles. The van der Waals surface area contributed by atoms with Gasteiger partial charge in [-0.05, 0) is 23.9 Å². The number of rotatable bonds is 4. The molecule has 0 amide bonds. The molecule has 0 atom stereocenters. The Kier molecular flexibility index (Phi) is 3.56. The van der Waals surface area contributed by atoms with Gasteiger partial charge in [0.15, 0.2) is 5.75 Å². The van der Waals surface area contributed by atoms with E-state index in [1.165, 1.54) is 0 Å². The zero-order chi connectivity index (χ0) is 13.9. The molecule has 0 unspecified atom stereocenters. The zero-order valence-electron chi connectivity index (χ0n) is 11.1. The highest BCUT2D eigenvalue weighted by Crippen LogP contribution is 2.30. The van der Waals surface area contributed by atoms with Crippen LogP contribution in [0.5, 0.6) is 11.6 Å². The van der Waals surface area contributed by atoms with Gasteiger partial charge in [-0.15, -0.1) is 11.6 Å². The summed E-state index contributed by atoms with van der Waals surface area (Å²) < 4.78 is 7.65. The van der Waals surface area contributed by atoms with Crippen LogP contribution < -0.4 is 4.74 Å². The van der Waals surface area contributed by atoms with Crippen molar-refractivity contribution in [3.63, 3.8) is 0 Å². The predicted molar refractivity (Wildman–Crippen MR) is 79.3 cm³/mol. The van der Waals surface area contributed by atoms with Gasteiger partial charge in [-0.1, -0.05) is 18.2 Å². The first-order chi connectivity index (χ1) is 9.81. The fraction of sp³-hybridized carbons (Fsp3) is 0.200. The van der Waals surface area contributed by atoms with Gasteiger partial charge in [0.2, 0.25) is 5.88 Å². The summed E-state index contributed by atoms with van der Waals surface area (Å²) >= 11 is 5.95. The highest BCUT2D eigenvalue weighted by molar-refractivity contribution is 6.18. The van der Waals surface area contributed by atoms with Crippen molar-refractivity contribution in [1.29, 1.82) is 0 Å². The van der Waals surface area contributed by atoms with E-state index in [9.17, 15) is 0 Å². The fourth-order valence-electron chi connectivity index (χ4n) is 2.09. The van der Waals surface area contributed by atoms with E-state index in [4.69, 9.17) is 16.3 Å². The molecule has 2 heterocycles. The first-order valence-corrected chi connectivity index (χ1v) is 6.98. The number of nitrogens with zero attached hydrogens (tertiary/aromatic N) is 3. The molecule has 0 fully saturated rings. The van der Waals surface area contributed by atoms with Crippen LogP contribution in [0.1, 0.15) is 12.5 Å². The zero-order valence-corrected chi connectivity index (χ0v) is 11.8. The monoisotopic (exact) mass is 287 g/mol. The Hall–Kier alpha value is -2.07. The van der Waals surface area contributed by atoms with Gasteiger partial charge in [-0.25, -0.2) is 4.98 Å². The summed E-state index contributed by atoms with van der Waals surface area (Å²) in [6.45, 7) is 2.84. The van der Waals surface area contributed by atoms with E-state index in [-0.39, 0.29) is 0 Å². The van der Waals surface area contributed by atoms with Crippen LogP contribution in [0.15, 0.2) is 42.9 Å². The highest BCUT2D eigenvalue weighted by Gasteiger charge is 2.09. The van der Waals surface area contributed by atoms with Crippen LogP contribution in [-0.2, 0) is 12.4 Å². The van der Waals surface area contributed by atoms with Crippen LogP contribution in [0, 0.1) is 0 Å². The number of alkyl halides is 1. The summed E-state index contributed by atoms with van der Waals surface area (Å²) in [5.74, 6) is 1.69. The van der Waals surface area contributed by atoms with Crippen LogP contribution in [0.3, 0.4) is 0 Å². The molecule has 20 heavy (non-hydrogen) atoms. The second kappa shape index (κ2) is 5.51. The predicted octanol–water partition coefficient (Wildman–Crippen LogP) is 3.98. The van der Waals surface area contributed by atoms with Crippen LogP contribution >= 0.6 is 11.6 Å². The first kappa shape index (κ1) is 12.9. The summed E-state index contributed by atoms with van der Waals surface area (Å²) in [4.78, 5) is 4.36. The third-order valence-corrected chi connectivity index (χ3v) is 3.42. The molecule has 3 aromatic rings. The lowest BCUT2D eigenvalue weighted by atomic mass is 10.1. The van der Waals surface area contributed by atoms with Crippen molar-refractivity contribution in [2.45, 2.75) is 19.3 Å². The standard InChI is InChI=1S/C15H14ClN3O/c1-2-19-10-12(9-18-19)20-15-14-6-4-3-5-13(14)11(7-16)8-17-15/h3-6,8-10H,2,7H2,1H3. The molecule has 0 saturated carbocycles. The lowest BCUT2D eigenvalue weighted by Gasteiger charge is -2.08. The van der Waals surface area contributed by atoms with E-state index in [2.05, 4.69) is 10.1 Å². The number of pyridine rings is 1. The average Bonchev–Trinajstić information content (AvgIpc) is 2.95. The van der Waals surface area contributed by atoms with E-state index in [0.717, 1.165) is 22.9 Å². The molecule has 4 nitrogen and oxygen atoms in total. The molecule has 5 heteroatoms. The lowest BCUT2D eigenvalue weighted by Crippen LogP contribution is -1.93. The number of halogens is 1. The molecule has 1 aromatic carbocycles. The van der Waals surface area contributed by atoms with Gasteiger partial charge in [-0.2, -0.15) is 5.10 Å². The van der Waals surface area contributed by atoms with Crippen molar-refractivity contribution < 1.29 is 4.74 Å². The van der Waals surface area contributed by atoms with Crippen LogP contribution in [0.2, 0.25) is 0 Å². The van der Waals surface area contributed by atoms with Crippen molar-refractivity contribution in [1.82, 2.24) is 14.8 Å². The van der Waals surface area contributed by atoms with Gasteiger partial charge in [0.05, 0.1) is 12.4 Å². The maximum absolute atomic E-state index is 5.95. The van der Waals surface area contributed by atoms with Crippen molar-refractivity contribution in [2.75, 3.05) is 0 Å². The Morgan fingerprint density at radius 2 is 2.00 bits per heavy atom. The van der Waals surface area contributed by atoms with Crippen LogP contribution in [0.25, 0.3) is 10.8 Å². The molecule has 3 rings (SSSR count). The van der Waals surface area contributed by atoms with Gasteiger partial charge in [-0.3, -0.25) is 4.68 Å². The van der Waals surface area contributed by atoms with Gasteiger partial charge in [0.25, 0.3) is 0 Å². The summed E-state index contributed by atoms with van der Waals surface area (Å²) in [5, 5.41) is 6.21. The Morgan fingerprint density at radius 1 is 1.20 bits per heavy atom. The summed E-state index contributed by atoms with van der Waals surface area (Å²) in [6, 6.07) is 7.95. The number of ether oxygens (including phenoxy) is 1. The average molecular weight is 288 g/mol. The van der Waals surface area contributed by atoms with E-state index in [1.54, 1.807) is 12.4 Å². The third-order valence-electron chi connectivity index (χ3n) is 3.13. The molecule has 2 aromatic heterocycles. The molecule has 0 spiro atoms. The minimum absolute atomic E-state index is 0.432. The smallest absolute Gasteiger partial charge is 0.227 e. The van der Waals surface area contributed by atoms with E-state index < -0.39 is 0 Å². The topological polar surface area (TPSA) is 39.9 Å². The Balaban J connectivity index is 2.03. The minimum atomic E-state index is 0.432. The Labute approximate surface area is 122 Å². The highest BCUT2D eigenvalue weighted by atomic mass is 35.5. The molecule has 0 N–H and O–H groups in total. The van der Waals surface area contributed by atoms with E-state index >= 15 is 0 Å². The minimum Gasteiger partial charge on any atom is -0.435 e.